The lowest BCUT2D eigenvalue weighted by molar-refractivity contribution is 0.147. The molecule has 1 aromatic heterocycles. The van der Waals surface area contributed by atoms with Crippen LogP contribution in [0.3, 0.4) is 0 Å². The molecular weight excluding hydrogens is 218 g/mol. The lowest BCUT2D eigenvalue weighted by atomic mass is 10.1. The fraction of sp³-hybridized carbons (Fsp3) is 0.667. The van der Waals surface area contributed by atoms with Crippen LogP contribution in [-0.4, -0.2) is 29.7 Å². The van der Waals surface area contributed by atoms with Gasteiger partial charge in [0, 0.05) is 25.8 Å². The van der Waals surface area contributed by atoms with Crippen LogP contribution in [0, 0.1) is 0 Å². The summed E-state index contributed by atoms with van der Waals surface area (Å²) in [5.41, 5.74) is 0.692. The predicted molar refractivity (Wildman–Crippen MR) is 68.5 cm³/mol. The number of H-pyrrole nitrogens is 1. The average Bonchev–Trinajstić information content (AvgIpc) is 2.28. The number of aromatic nitrogens is 2. The summed E-state index contributed by atoms with van der Waals surface area (Å²) in [4.78, 5) is 18.4. The van der Waals surface area contributed by atoms with Crippen LogP contribution < -0.4 is 10.9 Å². The Bertz CT molecular complexity index is 388. The Morgan fingerprint density at radius 2 is 2.29 bits per heavy atom. The van der Waals surface area contributed by atoms with Gasteiger partial charge in [0.05, 0.1) is 5.69 Å². The van der Waals surface area contributed by atoms with Crippen molar-refractivity contribution in [1.29, 1.82) is 0 Å². The fourth-order valence-electron chi connectivity index (χ4n) is 1.38. The summed E-state index contributed by atoms with van der Waals surface area (Å²) in [5.74, 6) is 0.791. The molecule has 0 saturated carbocycles. The molecule has 0 aliphatic carbocycles. The number of hydrogen-bond acceptors (Lipinski definition) is 4. The van der Waals surface area contributed by atoms with Gasteiger partial charge in [-0.05, 0) is 19.3 Å². The third kappa shape index (κ3) is 4.99. The Morgan fingerprint density at radius 1 is 1.53 bits per heavy atom. The van der Waals surface area contributed by atoms with Crippen molar-refractivity contribution in [3.8, 4) is 0 Å². The number of nitrogens with one attached hydrogen (secondary N) is 2. The first-order valence-corrected chi connectivity index (χ1v) is 6.06. The van der Waals surface area contributed by atoms with Gasteiger partial charge in [0.2, 0.25) is 5.95 Å². The van der Waals surface area contributed by atoms with Crippen molar-refractivity contribution >= 4 is 5.95 Å². The van der Waals surface area contributed by atoms with E-state index >= 15 is 0 Å². The van der Waals surface area contributed by atoms with E-state index < -0.39 is 0 Å². The van der Waals surface area contributed by atoms with Crippen LogP contribution in [0.15, 0.2) is 10.9 Å². The maximum atomic E-state index is 11.4. The van der Waals surface area contributed by atoms with Crippen LogP contribution in [0.5, 0.6) is 0 Å². The van der Waals surface area contributed by atoms with Crippen LogP contribution >= 0.6 is 0 Å². The largest absolute Gasteiger partial charge is 0.382 e. The van der Waals surface area contributed by atoms with Crippen molar-refractivity contribution in [2.45, 2.75) is 33.1 Å². The minimum Gasteiger partial charge on any atom is -0.382 e. The second-order valence-corrected chi connectivity index (χ2v) is 4.15. The topological polar surface area (TPSA) is 67.0 Å². The number of aromatic amines is 1. The van der Waals surface area contributed by atoms with Crippen LogP contribution in [0.2, 0.25) is 0 Å². The maximum absolute atomic E-state index is 11.4. The van der Waals surface area contributed by atoms with E-state index in [1.165, 1.54) is 6.07 Å². The molecule has 0 bridgehead atoms. The van der Waals surface area contributed by atoms with Gasteiger partial charge in [-0.1, -0.05) is 13.8 Å². The Labute approximate surface area is 102 Å². The molecule has 0 spiro atoms. The summed E-state index contributed by atoms with van der Waals surface area (Å²) in [6.07, 6.45) is 0.892. The lowest BCUT2D eigenvalue weighted by Crippen LogP contribution is -2.16. The van der Waals surface area contributed by atoms with Crippen molar-refractivity contribution in [3.05, 3.63) is 22.1 Å². The normalized spacial score (nSPS) is 10.8. The highest BCUT2D eigenvalue weighted by Crippen LogP contribution is 2.09. The van der Waals surface area contributed by atoms with Gasteiger partial charge < -0.3 is 10.1 Å². The SMILES string of the molecule is CCOCCCNc1nc(C(C)C)cc(=O)[nH]1. The van der Waals surface area contributed by atoms with Crippen LogP contribution in [0.25, 0.3) is 0 Å². The molecule has 0 fully saturated rings. The molecule has 0 unspecified atom stereocenters. The van der Waals surface area contributed by atoms with Crippen molar-refractivity contribution in [3.63, 3.8) is 0 Å². The molecule has 0 radical (unpaired) electrons. The molecule has 0 aliphatic rings. The van der Waals surface area contributed by atoms with E-state index in [1.807, 2.05) is 20.8 Å². The van der Waals surface area contributed by atoms with Gasteiger partial charge >= 0.3 is 0 Å². The van der Waals surface area contributed by atoms with Crippen molar-refractivity contribution in [2.75, 3.05) is 25.1 Å². The van der Waals surface area contributed by atoms with Gasteiger partial charge in [-0.3, -0.25) is 9.78 Å². The molecule has 1 aromatic rings. The van der Waals surface area contributed by atoms with Crippen molar-refractivity contribution in [1.82, 2.24) is 9.97 Å². The molecule has 17 heavy (non-hydrogen) atoms. The highest BCUT2D eigenvalue weighted by atomic mass is 16.5. The van der Waals surface area contributed by atoms with E-state index in [0.717, 1.165) is 31.9 Å². The zero-order valence-corrected chi connectivity index (χ0v) is 10.7. The van der Waals surface area contributed by atoms with Crippen LogP contribution in [0.4, 0.5) is 5.95 Å². The summed E-state index contributed by atoms with van der Waals surface area (Å²) in [6, 6.07) is 1.54. The molecule has 0 aromatic carbocycles. The van der Waals surface area contributed by atoms with E-state index in [1.54, 1.807) is 0 Å². The molecule has 2 N–H and O–H groups in total. The Morgan fingerprint density at radius 3 is 2.94 bits per heavy atom. The zero-order chi connectivity index (χ0) is 12.7. The van der Waals surface area contributed by atoms with Crippen molar-refractivity contribution in [2.24, 2.45) is 0 Å². The summed E-state index contributed by atoms with van der Waals surface area (Å²) < 4.78 is 5.22. The summed E-state index contributed by atoms with van der Waals surface area (Å²) >= 11 is 0. The summed E-state index contributed by atoms with van der Waals surface area (Å²) in [6.45, 7) is 8.19. The first kappa shape index (κ1) is 13.7. The monoisotopic (exact) mass is 239 g/mol. The second kappa shape index (κ2) is 7.06. The van der Waals surface area contributed by atoms with E-state index in [-0.39, 0.29) is 11.5 Å². The highest BCUT2D eigenvalue weighted by Gasteiger charge is 2.04. The standard InChI is InChI=1S/C12H21N3O2/c1-4-17-7-5-6-13-12-14-10(9(2)3)8-11(16)15-12/h8-9H,4-7H2,1-3H3,(H2,13,14,15,16). The van der Waals surface area contributed by atoms with E-state index in [0.29, 0.717) is 5.95 Å². The van der Waals surface area contributed by atoms with Crippen molar-refractivity contribution < 1.29 is 4.74 Å². The quantitative estimate of drug-likeness (QED) is 0.711. The lowest BCUT2D eigenvalue weighted by Gasteiger charge is -2.08. The zero-order valence-electron chi connectivity index (χ0n) is 10.7. The molecule has 0 amide bonds. The molecule has 0 atom stereocenters. The molecule has 0 saturated heterocycles. The predicted octanol–water partition coefficient (Wildman–Crippen LogP) is 1.73. The molecule has 5 nitrogen and oxygen atoms in total. The molecule has 5 heteroatoms. The van der Waals surface area contributed by atoms with Gasteiger partial charge in [0.1, 0.15) is 0 Å². The molecule has 1 rings (SSSR count). The summed E-state index contributed by atoms with van der Waals surface area (Å²) in [5, 5.41) is 3.09. The van der Waals surface area contributed by atoms with E-state index in [4.69, 9.17) is 4.74 Å². The number of ether oxygens (including phenoxy) is 1. The average molecular weight is 239 g/mol. The fourth-order valence-corrected chi connectivity index (χ4v) is 1.38. The Kier molecular flexibility index (Phi) is 5.69. The summed E-state index contributed by atoms with van der Waals surface area (Å²) in [7, 11) is 0. The Balaban J connectivity index is 2.50. The number of hydrogen-bond donors (Lipinski definition) is 2. The molecule has 0 aliphatic heterocycles. The third-order valence-corrected chi connectivity index (χ3v) is 2.32. The molecular formula is C12H21N3O2. The van der Waals surface area contributed by atoms with Gasteiger partial charge in [-0.15, -0.1) is 0 Å². The minimum atomic E-state index is -0.115. The van der Waals surface area contributed by atoms with E-state index in [2.05, 4.69) is 15.3 Å². The van der Waals surface area contributed by atoms with Crippen LogP contribution in [-0.2, 0) is 4.74 Å². The second-order valence-electron chi connectivity index (χ2n) is 4.15. The van der Waals surface area contributed by atoms with Gasteiger partial charge in [0.15, 0.2) is 0 Å². The number of nitrogens with zero attached hydrogens (tertiary/aromatic N) is 1. The number of rotatable bonds is 7. The molecule has 96 valence electrons. The van der Waals surface area contributed by atoms with Gasteiger partial charge in [-0.2, -0.15) is 0 Å². The van der Waals surface area contributed by atoms with Gasteiger partial charge in [-0.25, -0.2) is 4.98 Å². The first-order valence-electron chi connectivity index (χ1n) is 6.06. The third-order valence-electron chi connectivity index (χ3n) is 2.32. The Hall–Kier alpha value is -1.36. The highest BCUT2D eigenvalue weighted by molar-refractivity contribution is 5.25. The minimum absolute atomic E-state index is 0.115. The maximum Gasteiger partial charge on any atom is 0.252 e. The first-order chi connectivity index (χ1) is 8.13. The smallest absolute Gasteiger partial charge is 0.252 e. The van der Waals surface area contributed by atoms with Gasteiger partial charge in [0.25, 0.3) is 5.56 Å². The molecule has 1 heterocycles. The van der Waals surface area contributed by atoms with E-state index in [9.17, 15) is 4.79 Å². The van der Waals surface area contributed by atoms with Crippen LogP contribution in [0.1, 0.15) is 38.8 Å². The number of anilines is 1.